The maximum atomic E-state index is 12.6. The highest BCUT2D eigenvalue weighted by atomic mass is 19.4. The van der Waals surface area contributed by atoms with Crippen LogP contribution in [0.25, 0.3) is 0 Å². The lowest BCUT2D eigenvalue weighted by molar-refractivity contribution is -0.137. The van der Waals surface area contributed by atoms with Crippen molar-refractivity contribution in [2.24, 2.45) is 5.92 Å². The predicted molar refractivity (Wildman–Crippen MR) is 114 cm³/mol. The molecule has 1 fully saturated rings. The number of benzene rings is 2. The minimum Gasteiger partial charge on any atom is -0.493 e. The van der Waals surface area contributed by atoms with Crippen molar-refractivity contribution >= 4 is 23.3 Å². The molecule has 0 saturated carbocycles. The van der Waals surface area contributed by atoms with Crippen molar-refractivity contribution in [2.45, 2.75) is 31.9 Å². The van der Waals surface area contributed by atoms with E-state index in [0.29, 0.717) is 44.1 Å². The number of nitrogens with one attached hydrogen (secondary N) is 2. The number of hydrogen-bond donors (Lipinski definition) is 2. The van der Waals surface area contributed by atoms with Crippen molar-refractivity contribution < 1.29 is 27.5 Å². The highest BCUT2D eigenvalue weighted by molar-refractivity contribution is 5.94. The number of aryl methyl sites for hydroxylation is 1. The van der Waals surface area contributed by atoms with Crippen molar-refractivity contribution in [3.63, 3.8) is 0 Å². The van der Waals surface area contributed by atoms with E-state index in [4.69, 9.17) is 4.74 Å². The second-order valence-electron chi connectivity index (χ2n) is 8.11. The molecule has 0 unspecified atom stereocenters. The van der Waals surface area contributed by atoms with Gasteiger partial charge in [-0.3, -0.25) is 4.79 Å². The average molecular weight is 447 g/mol. The number of hydrogen-bond acceptors (Lipinski definition) is 3. The molecule has 0 atom stereocenters. The summed E-state index contributed by atoms with van der Waals surface area (Å²) in [5, 5.41) is 5.50. The van der Waals surface area contributed by atoms with E-state index in [1.807, 2.05) is 18.2 Å². The molecule has 0 spiro atoms. The molecule has 0 aliphatic carbocycles. The third kappa shape index (κ3) is 5.33. The van der Waals surface area contributed by atoms with E-state index in [9.17, 15) is 22.8 Å². The molecule has 0 radical (unpaired) electrons. The molecule has 9 heteroatoms. The predicted octanol–water partition coefficient (Wildman–Crippen LogP) is 4.91. The number of anilines is 2. The van der Waals surface area contributed by atoms with Crippen molar-refractivity contribution in [3.05, 3.63) is 53.6 Å². The molecule has 1 saturated heterocycles. The summed E-state index contributed by atoms with van der Waals surface area (Å²) in [4.78, 5) is 25.5. The van der Waals surface area contributed by atoms with Crippen molar-refractivity contribution in [1.82, 2.24) is 4.90 Å². The van der Waals surface area contributed by atoms with E-state index < -0.39 is 11.7 Å². The molecule has 32 heavy (non-hydrogen) atoms. The molecule has 3 amide bonds. The zero-order valence-electron chi connectivity index (χ0n) is 17.4. The van der Waals surface area contributed by atoms with Gasteiger partial charge in [-0.1, -0.05) is 0 Å². The largest absolute Gasteiger partial charge is 0.493 e. The quantitative estimate of drug-likeness (QED) is 0.700. The molecular weight excluding hydrogens is 423 g/mol. The number of rotatable bonds is 4. The van der Waals surface area contributed by atoms with Crippen LogP contribution in [0.3, 0.4) is 0 Å². The lowest BCUT2D eigenvalue weighted by Crippen LogP contribution is -2.42. The highest BCUT2D eigenvalue weighted by Gasteiger charge is 2.30. The molecule has 2 aromatic rings. The van der Waals surface area contributed by atoms with Crippen molar-refractivity contribution in [1.29, 1.82) is 0 Å². The Bertz CT molecular complexity index is 984. The van der Waals surface area contributed by atoms with E-state index in [2.05, 4.69) is 10.6 Å². The van der Waals surface area contributed by atoms with Crippen LogP contribution in [0.5, 0.6) is 5.75 Å². The summed E-state index contributed by atoms with van der Waals surface area (Å²) < 4.78 is 43.9. The maximum absolute atomic E-state index is 12.6. The number of urea groups is 1. The first-order valence-electron chi connectivity index (χ1n) is 10.6. The number of alkyl halides is 3. The second-order valence-corrected chi connectivity index (χ2v) is 8.11. The van der Waals surface area contributed by atoms with E-state index >= 15 is 0 Å². The number of nitrogens with zero attached hydrogens (tertiary/aromatic N) is 1. The lowest BCUT2D eigenvalue weighted by Gasteiger charge is -2.32. The standard InChI is InChI=1S/C23H24F3N3O3/c24-23(25,26)17-2-4-18(5-3-17)27-22(31)29-11-9-15(10-12-29)14-32-19-6-7-20-16(13-19)1-8-21(30)28-20/h2-7,13,15H,1,8-12,14H2,(H,27,31)(H,28,30). The van der Waals surface area contributed by atoms with Gasteiger partial charge in [0.1, 0.15) is 5.75 Å². The minimum absolute atomic E-state index is 0.0280. The summed E-state index contributed by atoms with van der Waals surface area (Å²) in [6, 6.07) is 9.76. The number of carbonyl (C=O) groups excluding carboxylic acids is 2. The van der Waals surface area contributed by atoms with Gasteiger partial charge in [0.15, 0.2) is 0 Å². The van der Waals surface area contributed by atoms with E-state index in [1.165, 1.54) is 12.1 Å². The van der Waals surface area contributed by atoms with Gasteiger partial charge < -0.3 is 20.3 Å². The van der Waals surface area contributed by atoms with Gasteiger partial charge >= 0.3 is 12.2 Å². The van der Waals surface area contributed by atoms with Gasteiger partial charge in [-0.2, -0.15) is 13.2 Å². The molecule has 0 bridgehead atoms. The first-order valence-corrected chi connectivity index (χ1v) is 10.6. The Morgan fingerprint density at radius 3 is 2.50 bits per heavy atom. The Hall–Kier alpha value is -3.23. The Morgan fingerprint density at radius 2 is 1.81 bits per heavy atom. The maximum Gasteiger partial charge on any atom is 0.416 e. The number of ether oxygens (including phenoxy) is 1. The van der Waals surface area contributed by atoms with Crippen LogP contribution in [-0.4, -0.2) is 36.5 Å². The third-order valence-electron chi connectivity index (χ3n) is 5.82. The van der Waals surface area contributed by atoms with E-state index in [1.54, 1.807) is 4.90 Å². The molecule has 2 aliphatic heterocycles. The SMILES string of the molecule is O=C1CCc2cc(OCC3CCN(C(=O)Nc4ccc(C(F)(F)F)cc4)CC3)ccc2N1. The van der Waals surface area contributed by atoms with Gasteiger partial charge in [0, 0.05) is 30.9 Å². The Balaban J connectivity index is 1.23. The van der Waals surface area contributed by atoms with Gasteiger partial charge in [0.25, 0.3) is 0 Å². The Kier molecular flexibility index (Phi) is 6.25. The molecule has 2 heterocycles. The lowest BCUT2D eigenvalue weighted by atomic mass is 9.98. The van der Waals surface area contributed by atoms with Crippen LogP contribution >= 0.6 is 0 Å². The van der Waals surface area contributed by atoms with Crippen LogP contribution in [0.4, 0.5) is 29.3 Å². The summed E-state index contributed by atoms with van der Waals surface area (Å²) in [6.45, 7) is 1.65. The molecule has 2 aliphatic rings. The van der Waals surface area contributed by atoms with Crippen LogP contribution in [0, 0.1) is 5.92 Å². The van der Waals surface area contributed by atoms with Crippen LogP contribution < -0.4 is 15.4 Å². The molecule has 6 nitrogen and oxygen atoms in total. The first kappa shape index (κ1) is 22.0. The van der Waals surface area contributed by atoms with Gasteiger partial charge in [-0.25, -0.2) is 4.79 Å². The monoisotopic (exact) mass is 447 g/mol. The molecule has 0 aromatic heterocycles. The number of likely N-dealkylation sites (tertiary alicyclic amines) is 1. The summed E-state index contributed by atoms with van der Waals surface area (Å²) >= 11 is 0. The van der Waals surface area contributed by atoms with Crippen LogP contribution in [0.1, 0.15) is 30.4 Å². The van der Waals surface area contributed by atoms with E-state index in [-0.39, 0.29) is 11.9 Å². The number of carbonyl (C=O) groups is 2. The van der Waals surface area contributed by atoms with Crippen LogP contribution in [-0.2, 0) is 17.4 Å². The normalized spacial score (nSPS) is 16.8. The fraction of sp³-hybridized carbons (Fsp3) is 0.391. The highest BCUT2D eigenvalue weighted by Crippen LogP contribution is 2.30. The van der Waals surface area contributed by atoms with Gasteiger partial charge in [-0.05, 0) is 73.2 Å². The van der Waals surface area contributed by atoms with E-state index in [0.717, 1.165) is 42.0 Å². The minimum atomic E-state index is -4.40. The summed E-state index contributed by atoms with van der Waals surface area (Å²) in [6.07, 6.45) is -1.67. The van der Waals surface area contributed by atoms with Gasteiger partial charge in [0.05, 0.1) is 12.2 Å². The molecule has 2 N–H and O–H groups in total. The summed E-state index contributed by atoms with van der Waals surface area (Å²) in [5.74, 6) is 1.10. The third-order valence-corrected chi connectivity index (χ3v) is 5.82. The zero-order chi connectivity index (χ0) is 22.7. The number of amides is 3. The topological polar surface area (TPSA) is 70.7 Å². The van der Waals surface area contributed by atoms with Crippen molar-refractivity contribution in [3.8, 4) is 5.75 Å². The zero-order valence-corrected chi connectivity index (χ0v) is 17.4. The van der Waals surface area contributed by atoms with Gasteiger partial charge in [0.2, 0.25) is 5.91 Å². The van der Waals surface area contributed by atoms with Crippen molar-refractivity contribution in [2.75, 3.05) is 30.3 Å². The number of piperidine rings is 1. The fourth-order valence-electron chi connectivity index (χ4n) is 3.91. The Labute approximate surface area is 183 Å². The molecular formula is C23H24F3N3O3. The Morgan fingerprint density at radius 1 is 1.09 bits per heavy atom. The molecule has 4 rings (SSSR count). The number of halogens is 3. The second kappa shape index (κ2) is 9.10. The smallest absolute Gasteiger partial charge is 0.416 e. The molecule has 2 aromatic carbocycles. The average Bonchev–Trinajstić information content (AvgIpc) is 2.77. The van der Waals surface area contributed by atoms with Crippen LogP contribution in [0.15, 0.2) is 42.5 Å². The van der Waals surface area contributed by atoms with Gasteiger partial charge in [-0.15, -0.1) is 0 Å². The summed E-state index contributed by atoms with van der Waals surface area (Å²) in [5.41, 5.74) is 1.48. The first-order chi connectivity index (χ1) is 15.3. The number of fused-ring (bicyclic) bond motifs is 1. The molecule has 170 valence electrons. The summed E-state index contributed by atoms with van der Waals surface area (Å²) in [7, 11) is 0. The van der Waals surface area contributed by atoms with Crippen LogP contribution in [0.2, 0.25) is 0 Å². The fourth-order valence-corrected chi connectivity index (χ4v) is 3.91.